The summed E-state index contributed by atoms with van der Waals surface area (Å²) in [6.07, 6.45) is 14.3. The zero-order chi connectivity index (χ0) is 11.8. The zero-order valence-electron chi connectivity index (χ0n) is 11.0. The van der Waals surface area contributed by atoms with Crippen molar-refractivity contribution in [2.24, 2.45) is 5.92 Å². The average molecular weight is 254 g/mol. The molecule has 0 atom stereocenters. The highest BCUT2D eigenvalue weighted by Gasteiger charge is 2.12. The van der Waals surface area contributed by atoms with E-state index in [0.29, 0.717) is 0 Å². The van der Waals surface area contributed by atoms with Gasteiger partial charge in [-0.2, -0.15) is 11.8 Å². The van der Waals surface area contributed by atoms with Crippen molar-refractivity contribution < 1.29 is 4.74 Å². The van der Waals surface area contributed by atoms with Crippen LogP contribution in [0.15, 0.2) is 11.8 Å². The molecule has 2 aliphatic rings. The van der Waals surface area contributed by atoms with Gasteiger partial charge in [0.1, 0.15) is 0 Å². The molecule has 0 aromatic carbocycles. The van der Waals surface area contributed by atoms with Gasteiger partial charge in [0.25, 0.3) is 0 Å². The van der Waals surface area contributed by atoms with E-state index in [-0.39, 0.29) is 0 Å². The summed E-state index contributed by atoms with van der Waals surface area (Å²) in [6, 6.07) is 0. The molecule has 1 saturated carbocycles. The molecule has 0 bridgehead atoms. The van der Waals surface area contributed by atoms with E-state index in [1.54, 1.807) is 5.57 Å². The van der Waals surface area contributed by atoms with Gasteiger partial charge < -0.3 is 4.74 Å². The van der Waals surface area contributed by atoms with E-state index in [4.69, 9.17) is 4.74 Å². The number of ether oxygens (including phenoxy) is 1. The van der Waals surface area contributed by atoms with Gasteiger partial charge in [-0.05, 0) is 74.4 Å². The van der Waals surface area contributed by atoms with Crippen LogP contribution in [0, 0.1) is 5.92 Å². The first kappa shape index (κ1) is 13.3. The zero-order valence-corrected chi connectivity index (χ0v) is 11.8. The molecule has 2 rings (SSSR count). The van der Waals surface area contributed by atoms with Crippen LogP contribution in [-0.2, 0) is 4.74 Å². The van der Waals surface area contributed by atoms with Crippen molar-refractivity contribution >= 4 is 11.8 Å². The first-order valence-corrected chi connectivity index (χ1v) is 8.48. The molecule has 0 N–H and O–H groups in total. The molecule has 1 nitrogen and oxygen atoms in total. The number of allylic oxidation sites excluding steroid dienone is 1. The Morgan fingerprint density at radius 1 is 1.12 bits per heavy atom. The fourth-order valence-electron chi connectivity index (χ4n) is 2.79. The van der Waals surface area contributed by atoms with Gasteiger partial charge in [-0.3, -0.25) is 0 Å². The van der Waals surface area contributed by atoms with Crippen molar-refractivity contribution in [3.63, 3.8) is 0 Å². The fraction of sp³-hybridized carbons (Fsp3) is 0.867. The largest absolute Gasteiger partial charge is 0.501 e. The summed E-state index contributed by atoms with van der Waals surface area (Å²) in [5.41, 5.74) is 1.55. The van der Waals surface area contributed by atoms with Crippen LogP contribution in [0.5, 0.6) is 0 Å². The van der Waals surface area contributed by atoms with Crippen molar-refractivity contribution in [1.82, 2.24) is 0 Å². The third-order valence-corrected chi connectivity index (χ3v) is 5.01. The standard InChI is InChI=1S/C15H26OS/c1-2-5-15(6-3-1)13-16-10-4-7-14-8-11-17-12-9-14/h13-14H,1-12H2. The second kappa shape index (κ2) is 8.07. The first-order chi connectivity index (χ1) is 8.45. The summed E-state index contributed by atoms with van der Waals surface area (Å²) in [5.74, 6) is 3.76. The van der Waals surface area contributed by atoms with Gasteiger partial charge in [0.15, 0.2) is 0 Å². The normalized spacial score (nSPS) is 22.5. The molecule has 1 aliphatic carbocycles. The SMILES string of the molecule is C(OCCCC1CCSCC1)=C1CCCCC1. The Bertz CT molecular complexity index is 223. The molecule has 2 fully saturated rings. The second-order valence-corrected chi connectivity index (χ2v) is 6.63. The molecule has 2 heteroatoms. The van der Waals surface area contributed by atoms with Crippen LogP contribution in [0.1, 0.15) is 57.8 Å². The van der Waals surface area contributed by atoms with E-state index in [1.165, 1.54) is 69.3 Å². The number of hydrogen-bond donors (Lipinski definition) is 0. The predicted molar refractivity (Wildman–Crippen MR) is 76.4 cm³/mol. The van der Waals surface area contributed by atoms with Crippen LogP contribution in [-0.4, -0.2) is 18.1 Å². The Morgan fingerprint density at radius 2 is 1.88 bits per heavy atom. The van der Waals surface area contributed by atoms with Crippen molar-refractivity contribution in [2.45, 2.75) is 57.8 Å². The van der Waals surface area contributed by atoms with Crippen LogP contribution in [0.2, 0.25) is 0 Å². The summed E-state index contributed by atoms with van der Waals surface area (Å²) in [5, 5.41) is 0. The van der Waals surface area contributed by atoms with E-state index in [9.17, 15) is 0 Å². The Kier molecular flexibility index (Phi) is 6.33. The predicted octanol–water partition coefficient (Wildman–Crippen LogP) is 4.77. The third-order valence-electron chi connectivity index (χ3n) is 3.96. The Labute approximate surface area is 110 Å². The highest BCUT2D eigenvalue weighted by atomic mass is 32.2. The maximum absolute atomic E-state index is 5.70. The maximum atomic E-state index is 5.70. The smallest absolute Gasteiger partial charge is 0.0873 e. The van der Waals surface area contributed by atoms with Crippen molar-refractivity contribution in [1.29, 1.82) is 0 Å². The van der Waals surface area contributed by atoms with Gasteiger partial charge in [0, 0.05) is 0 Å². The molecule has 1 heterocycles. The maximum Gasteiger partial charge on any atom is 0.0873 e. The highest BCUT2D eigenvalue weighted by molar-refractivity contribution is 7.99. The van der Waals surface area contributed by atoms with E-state index in [1.807, 2.05) is 0 Å². The number of thioether (sulfide) groups is 1. The quantitative estimate of drug-likeness (QED) is 0.516. The van der Waals surface area contributed by atoms with Gasteiger partial charge in [-0.15, -0.1) is 0 Å². The topological polar surface area (TPSA) is 9.23 Å². The minimum Gasteiger partial charge on any atom is -0.501 e. The monoisotopic (exact) mass is 254 g/mol. The van der Waals surface area contributed by atoms with Crippen LogP contribution >= 0.6 is 11.8 Å². The Hall–Kier alpha value is -0.110. The fourth-order valence-corrected chi connectivity index (χ4v) is 4.00. The van der Waals surface area contributed by atoms with E-state index < -0.39 is 0 Å². The number of rotatable bonds is 5. The lowest BCUT2D eigenvalue weighted by Gasteiger charge is -2.20. The summed E-state index contributed by atoms with van der Waals surface area (Å²) in [6.45, 7) is 0.938. The molecule has 0 aromatic heterocycles. The Balaban J connectivity index is 1.50. The molecular weight excluding hydrogens is 228 g/mol. The molecule has 0 aromatic rings. The molecule has 1 aliphatic heterocycles. The van der Waals surface area contributed by atoms with Crippen LogP contribution < -0.4 is 0 Å². The summed E-state index contributed by atoms with van der Waals surface area (Å²) in [4.78, 5) is 0. The average Bonchev–Trinajstić information content (AvgIpc) is 2.41. The highest BCUT2D eigenvalue weighted by Crippen LogP contribution is 2.26. The van der Waals surface area contributed by atoms with E-state index >= 15 is 0 Å². The minimum absolute atomic E-state index is 0.938. The molecule has 1 saturated heterocycles. The molecular formula is C15H26OS. The van der Waals surface area contributed by atoms with Gasteiger partial charge in [-0.25, -0.2) is 0 Å². The van der Waals surface area contributed by atoms with Crippen LogP contribution in [0.25, 0.3) is 0 Å². The molecule has 0 unspecified atom stereocenters. The first-order valence-electron chi connectivity index (χ1n) is 7.32. The van der Waals surface area contributed by atoms with Gasteiger partial charge in [-0.1, -0.05) is 6.42 Å². The molecule has 0 amide bonds. The van der Waals surface area contributed by atoms with Gasteiger partial charge in [0.2, 0.25) is 0 Å². The van der Waals surface area contributed by atoms with Crippen LogP contribution in [0.4, 0.5) is 0 Å². The molecule has 98 valence electrons. The lowest BCUT2D eigenvalue weighted by molar-refractivity contribution is 0.226. The van der Waals surface area contributed by atoms with E-state index in [0.717, 1.165) is 12.5 Å². The van der Waals surface area contributed by atoms with Crippen molar-refractivity contribution in [2.75, 3.05) is 18.1 Å². The lowest BCUT2D eigenvalue weighted by Crippen LogP contribution is -2.10. The summed E-state index contributed by atoms with van der Waals surface area (Å²) in [7, 11) is 0. The van der Waals surface area contributed by atoms with Gasteiger partial charge >= 0.3 is 0 Å². The molecule has 17 heavy (non-hydrogen) atoms. The second-order valence-electron chi connectivity index (χ2n) is 5.41. The van der Waals surface area contributed by atoms with E-state index in [2.05, 4.69) is 18.0 Å². The van der Waals surface area contributed by atoms with Crippen molar-refractivity contribution in [3.8, 4) is 0 Å². The van der Waals surface area contributed by atoms with Crippen LogP contribution in [0.3, 0.4) is 0 Å². The third kappa shape index (κ3) is 5.37. The van der Waals surface area contributed by atoms with Gasteiger partial charge in [0.05, 0.1) is 12.9 Å². The summed E-state index contributed by atoms with van der Waals surface area (Å²) < 4.78 is 5.70. The molecule has 0 radical (unpaired) electrons. The lowest BCUT2D eigenvalue weighted by atomic mass is 9.96. The summed E-state index contributed by atoms with van der Waals surface area (Å²) >= 11 is 2.12. The number of hydrogen-bond acceptors (Lipinski definition) is 2. The Morgan fingerprint density at radius 3 is 2.65 bits per heavy atom. The molecule has 0 spiro atoms. The van der Waals surface area contributed by atoms with Crippen molar-refractivity contribution in [3.05, 3.63) is 11.8 Å². The minimum atomic E-state index is 0.938.